The number of hydrogen-bond donors (Lipinski definition) is 1. The third-order valence-electron chi connectivity index (χ3n) is 5.38. The van der Waals surface area contributed by atoms with Gasteiger partial charge in [0, 0.05) is 32.2 Å². The molecule has 2 heterocycles. The highest BCUT2D eigenvalue weighted by molar-refractivity contribution is 5.76. The Morgan fingerprint density at radius 3 is 2.83 bits per heavy atom. The summed E-state index contributed by atoms with van der Waals surface area (Å²) in [5, 5.41) is 3.08. The fourth-order valence-corrected chi connectivity index (χ4v) is 4.04. The van der Waals surface area contributed by atoms with Crippen molar-refractivity contribution in [2.45, 2.75) is 25.9 Å². The fraction of sp³-hybridized carbons (Fsp3) is 0.292. The van der Waals surface area contributed by atoms with Crippen molar-refractivity contribution in [3.63, 3.8) is 0 Å². The average molecular weight is 389 g/mol. The number of ether oxygens (including phenoxy) is 1. The number of nitrogens with zero attached hydrogens (tertiary/aromatic N) is 2. The Morgan fingerprint density at radius 2 is 2.00 bits per heavy atom. The number of rotatable bonds is 5. The molecule has 0 saturated heterocycles. The molecule has 3 aromatic rings. The Morgan fingerprint density at radius 1 is 1.14 bits per heavy atom. The molecule has 5 heteroatoms. The number of aryl methyl sites for hydroxylation is 1. The highest BCUT2D eigenvalue weighted by Crippen LogP contribution is 2.36. The van der Waals surface area contributed by atoms with Crippen LogP contribution in [-0.4, -0.2) is 35.8 Å². The van der Waals surface area contributed by atoms with E-state index < -0.39 is 0 Å². The van der Waals surface area contributed by atoms with Crippen LogP contribution >= 0.6 is 0 Å². The second-order valence-electron chi connectivity index (χ2n) is 7.45. The van der Waals surface area contributed by atoms with E-state index in [-0.39, 0.29) is 12.1 Å². The van der Waals surface area contributed by atoms with Gasteiger partial charge in [-0.1, -0.05) is 48.0 Å². The number of benzene rings is 2. The van der Waals surface area contributed by atoms with Crippen molar-refractivity contribution in [1.82, 2.24) is 14.8 Å². The molecule has 4 rings (SSSR count). The first-order valence-corrected chi connectivity index (χ1v) is 10.0. The zero-order chi connectivity index (χ0) is 20.2. The number of nitrogens with one attached hydrogen (secondary N) is 1. The van der Waals surface area contributed by atoms with E-state index >= 15 is 0 Å². The van der Waals surface area contributed by atoms with Crippen molar-refractivity contribution in [1.29, 1.82) is 0 Å². The van der Waals surface area contributed by atoms with Crippen LogP contribution in [0.3, 0.4) is 0 Å². The van der Waals surface area contributed by atoms with Crippen LogP contribution in [0.1, 0.15) is 34.8 Å². The van der Waals surface area contributed by atoms with Crippen LogP contribution in [-0.2, 0) is 11.3 Å². The number of hydrogen-bond acceptors (Lipinski definition) is 2. The van der Waals surface area contributed by atoms with E-state index in [2.05, 4.69) is 71.5 Å². The molecule has 0 aliphatic carbocycles. The number of aromatic nitrogens is 1. The quantitative estimate of drug-likeness (QED) is 0.656. The molecule has 1 aliphatic heterocycles. The van der Waals surface area contributed by atoms with Crippen molar-refractivity contribution in [2.75, 3.05) is 20.3 Å². The number of carbonyl (C=O) groups is 1. The normalized spacial score (nSPS) is 15.4. The Bertz CT molecular complexity index is 995. The Balaban J connectivity index is 1.77. The van der Waals surface area contributed by atoms with Crippen LogP contribution in [0.5, 0.6) is 0 Å². The lowest BCUT2D eigenvalue weighted by molar-refractivity contribution is 0.174. The van der Waals surface area contributed by atoms with Crippen molar-refractivity contribution in [3.05, 3.63) is 89.2 Å². The monoisotopic (exact) mass is 389 g/mol. The number of urea groups is 1. The maximum absolute atomic E-state index is 13.3. The first-order chi connectivity index (χ1) is 14.2. The van der Waals surface area contributed by atoms with Crippen LogP contribution in [0.4, 0.5) is 4.79 Å². The molecular formula is C24H27N3O2. The second kappa shape index (κ2) is 8.53. The molecule has 1 aliphatic rings. The summed E-state index contributed by atoms with van der Waals surface area (Å²) in [6, 6.07) is 20.7. The number of fused-ring (bicyclic) bond motifs is 3. The van der Waals surface area contributed by atoms with Gasteiger partial charge in [0.15, 0.2) is 0 Å². The maximum atomic E-state index is 13.3. The second-order valence-corrected chi connectivity index (χ2v) is 7.45. The van der Waals surface area contributed by atoms with Gasteiger partial charge in [0.05, 0.1) is 18.3 Å². The van der Waals surface area contributed by atoms with Gasteiger partial charge in [-0.2, -0.15) is 0 Å². The standard InChI is InChI=1S/C24H27N3O2/c1-18-8-5-10-19(16-18)23-22-12-6-14-26(22)21-11-4-3-9-20(21)17-27(23)24(28)25-13-7-15-29-2/h3-6,8-12,14,16,23H,7,13,15,17H2,1-2H3,(H,25,28)/t23-/m1/s1. The molecule has 0 unspecified atom stereocenters. The van der Waals surface area contributed by atoms with Crippen LogP contribution in [0.2, 0.25) is 0 Å². The summed E-state index contributed by atoms with van der Waals surface area (Å²) in [5.74, 6) is 0. The van der Waals surface area contributed by atoms with Gasteiger partial charge in [0.25, 0.3) is 0 Å². The lowest BCUT2D eigenvalue weighted by Gasteiger charge is -2.31. The van der Waals surface area contributed by atoms with E-state index in [1.54, 1.807) is 7.11 Å². The largest absolute Gasteiger partial charge is 0.385 e. The zero-order valence-electron chi connectivity index (χ0n) is 17.0. The fourth-order valence-electron chi connectivity index (χ4n) is 4.04. The molecule has 0 radical (unpaired) electrons. The Kier molecular flexibility index (Phi) is 5.67. The molecule has 0 bridgehead atoms. The SMILES string of the molecule is COCCCNC(=O)N1Cc2ccccc2-n2cccc2[C@H]1c1cccc(C)c1. The first-order valence-electron chi connectivity index (χ1n) is 10.0. The van der Waals surface area contributed by atoms with Gasteiger partial charge in [-0.05, 0) is 42.7 Å². The van der Waals surface area contributed by atoms with Crippen molar-refractivity contribution in [2.24, 2.45) is 0 Å². The number of methoxy groups -OCH3 is 1. The molecule has 150 valence electrons. The molecule has 29 heavy (non-hydrogen) atoms. The van der Waals surface area contributed by atoms with Gasteiger partial charge in [0.2, 0.25) is 0 Å². The van der Waals surface area contributed by atoms with Crippen molar-refractivity contribution < 1.29 is 9.53 Å². The summed E-state index contributed by atoms with van der Waals surface area (Å²) >= 11 is 0. The highest BCUT2D eigenvalue weighted by atomic mass is 16.5. The van der Waals surface area contributed by atoms with Crippen LogP contribution in [0.15, 0.2) is 66.9 Å². The summed E-state index contributed by atoms with van der Waals surface area (Å²) in [6.45, 7) is 3.86. The van der Waals surface area contributed by atoms with Crippen LogP contribution in [0, 0.1) is 6.92 Å². The van der Waals surface area contributed by atoms with Crippen molar-refractivity contribution in [3.8, 4) is 5.69 Å². The molecule has 0 fully saturated rings. The summed E-state index contributed by atoms with van der Waals surface area (Å²) < 4.78 is 7.32. The van der Waals surface area contributed by atoms with Crippen molar-refractivity contribution >= 4 is 6.03 Å². The van der Waals surface area contributed by atoms with Gasteiger partial charge < -0.3 is 19.5 Å². The molecule has 1 aromatic heterocycles. The molecule has 5 nitrogen and oxygen atoms in total. The topological polar surface area (TPSA) is 46.5 Å². The first kappa shape index (κ1) is 19.3. The van der Waals surface area contributed by atoms with E-state index in [0.29, 0.717) is 19.7 Å². The molecular weight excluding hydrogens is 362 g/mol. The minimum absolute atomic E-state index is 0.0583. The lowest BCUT2D eigenvalue weighted by atomic mass is 10.00. The number of para-hydroxylation sites is 1. The predicted molar refractivity (Wildman–Crippen MR) is 114 cm³/mol. The van der Waals surface area contributed by atoms with Gasteiger partial charge in [-0.25, -0.2) is 4.79 Å². The number of amides is 2. The molecule has 2 amide bonds. The van der Waals surface area contributed by atoms with E-state index in [1.165, 1.54) is 5.56 Å². The number of carbonyl (C=O) groups excluding carboxylic acids is 1. The highest BCUT2D eigenvalue weighted by Gasteiger charge is 2.32. The van der Waals surface area contributed by atoms with E-state index in [9.17, 15) is 4.79 Å². The van der Waals surface area contributed by atoms with E-state index in [4.69, 9.17) is 4.74 Å². The molecule has 0 spiro atoms. The predicted octanol–water partition coefficient (Wildman–Crippen LogP) is 4.44. The summed E-state index contributed by atoms with van der Waals surface area (Å²) in [7, 11) is 1.68. The minimum atomic E-state index is -0.167. The van der Waals surface area contributed by atoms with Gasteiger partial charge in [0.1, 0.15) is 0 Å². The maximum Gasteiger partial charge on any atom is 0.318 e. The molecule has 1 atom stereocenters. The van der Waals surface area contributed by atoms with Gasteiger partial charge in [-0.3, -0.25) is 0 Å². The summed E-state index contributed by atoms with van der Waals surface area (Å²) in [6.07, 6.45) is 2.87. The zero-order valence-corrected chi connectivity index (χ0v) is 17.0. The third-order valence-corrected chi connectivity index (χ3v) is 5.38. The smallest absolute Gasteiger partial charge is 0.318 e. The molecule has 2 aromatic carbocycles. The Hall–Kier alpha value is -3.05. The van der Waals surface area contributed by atoms with E-state index in [1.807, 2.05) is 17.0 Å². The third kappa shape index (κ3) is 3.91. The minimum Gasteiger partial charge on any atom is -0.385 e. The van der Waals surface area contributed by atoms with Gasteiger partial charge in [-0.15, -0.1) is 0 Å². The lowest BCUT2D eigenvalue weighted by Crippen LogP contribution is -2.42. The van der Waals surface area contributed by atoms with Crippen LogP contribution < -0.4 is 5.32 Å². The average Bonchev–Trinajstić information content (AvgIpc) is 3.15. The Labute approximate surface area is 171 Å². The summed E-state index contributed by atoms with van der Waals surface area (Å²) in [5.41, 5.74) is 5.65. The van der Waals surface area contributed by atoms with Crippen LogP contribution in [0.25, 0.3) is 5.69 Å². The van der Waals surface area contributed by atoms with Gasteiger partial charge >= 0.3 is 6.03 Å². The summed E-state index contributed by atoms with van der Waals surface area (Å²) in [4.78, 5) is 15.2. The molecule has 0 saturated carbocycles. The molecule has 1 N–H and O–H groups in total. The van der Waals surface area contributed by atoms with E-state index in [0.717, 1.165) is 28.9 Å².